The topological polar surface area (TPSA) is 87.0 Å². The molecule has 122 valence electrons. The van der Waals surface area contributed by atoms with Crippen LogP contribution < -0.4 is 5.73 Å². The van der Waals surface area contributed by atoms with Gasteiger partial charge in [-0.15, -0.1) is 0 Å². The van der Waals surface area contributed by atoms with E-state index < -0.39 is 10.2 Å². The number of carbonyl (C=O) groups is 1. The SMILES string of the molecule is CC1CCN(S(=O)(=O)N2CCN([C@H](C)C(N)=O)CC2)CC1. The summed E-state index contributed by atoms with van der Waals surface area (Å²) in [6.07, 6.45) is 1.86. The highest BCUT2D eigenvalue weighted by Crippen LogP contribution is 2.21. The second-order valence-corrected chi connectivity index (χ2v) is 8.03. The predicted molar refractivity (Wildman–Crippen MR) is 80.7 cm³/mol. The summed E-state index contributed by atoms with van der Waals surface area (Å²) >= 11 is 0. The van der Waals surface area contributed by atoms with Crippen LogP contribution in [0, 0.1) is 5.92 Å². The maximum absolute atomic E-state index is 12.6. The third-order valence-electron chi connectivity index (χ3n) is 4.63. The lowest BCUT2D eigenvalue weighted by Gasteiger charge is -2.39. The molecule has 2 fully saturated rings. The lowest BCUT2D eigenvalue weighted by atomic mass is 10.0. The fourth-order valence-corrected chi connectivity index (χ4v) is 4.50. The number of amides is 1. The van der Waals surface area contributed by atoms with Crippen LogP contribution in [0.15, 0.2) is 0 Å². The van der Waals surface area contributed by atoms with Crippen molar-refractivity contribution < 1.29 is 13.2 Å². The lowest BCUT2D eigenvalue weighted by molar-refractivity contribution is -0.123. The van der Waals surface area contributed by atoms with Gasteiger partial charge in [0.15, 0.2) is 0 Å². The van der Waals surface area contributed by atoms with Gasteiger partial charge in [0.25, 0.3) is 10.2 Å². The Morgan fingerprint density at radius 2 is 1.52 bits per heavy atom. The van der Waals surface area contributed by atoms with Crippen molar-refractivity contribution in [3.05, 3.63) is 0 Å². The number of piperazine rings is 1. The Kier molecular flexibility index (Phi) is 5.24. The molecule has 0 bridgehead atoms. The van der Waals surface area contributed by atoms with Crippen molar-refractivity contribution in [2.75, 3.05) is 39.3 Å². The highest BCUT2D eigenvalue weighted by Gasteiger charge is 2.35. The van der Waals surface area contributed by atoms with Crippen molar-refractivity contribution >= 4 is 16.1 Å². The van der Waals surface area contributed by atoms with Crippen LogP contribution in [0.3, 0.4) is 0 Å². The van der Waals surface area contributed by atoms with Gasteiger partial charge in [0, 0.05) is 39.3 Å². The normalized spacial score (nSPS) is 25.8. The van der Waals surface area contributed by atoms with E-state index in [0.29, 0.717) is 45.2 Å². The van der Waals surface area contributed by atoms with Gasteiger partial charge in [-0.05, 0) is 25.7 Å². The van der Waals surface area contributed by atoms with Crippen molar-refractivity contribution in [2.45, 2.75) is 32.7 Å². The summed E-state index contributed by atoms with van der Waals surface area (Å²) in [6.45, 7) is 7.09. The number of rotatable bonds is 4. The molecule has 0 unspecified atom stereocenters. The standard InChI is InChI=1S/C13H26N4O3S/c1-11-3-5-16(6-4-11)21(19,20)17-9-7-15(8-10-17)12(2)13(14)18/h11-12H,3-10H2,1-2H3,(H2,14,18)/t12-/m1/s1. The van der Waals surface area contributed by atoms with Gasteiger partial charge in [-0.2, -0.15) is 17.0 Å². The van der Waals surface area contributed by atoms with Crippen LogP contribution in [-0.2, 0) is 15.0 Å². The zero-order valence-corrected chi connectivity index (χ0v) is 13.7. The molecule has 2 rings (SSSR count). The second kappa shape index (κ2) is 6.60. The third-order valence-corrected chi connectivity index (χ3v) is 6.66. The van der Waals surface area contributed by atoms with E-state index in [9.17, 15) is 13.2 Å². The van der Waals surface area contributed by atoms with E-state index in [2.05, 4.69) is 6.92 Å². The Morgan fingerprint density at radius 3 is 2.00 bits per heavy atom. The molecule has 0 aromatic carbocycles. The van der Waals surface area contributed by atoms with Gasteiger partial charge < -0.3 is 5.73 Å². The van der Waals surface area contributed by atoms with Gasteiger partial charge in [0.2, 0.25) is 5.91 Å². The van der Waals surface area contributed by atoms with Crippen LogP contribution in [-0.4, -0.2) is 73.1 Å². The number of nitrogens with zero attached hydrogens (tertiary/aromatic N) is 3. The Hall–Kier alpha value is -0.700. The quantitative estimate of drug-likeness (QED) is 0.754. The summed E-state index contributed by atoms with van der Waals surface area (Å²) in [5.41, 5.74) is 5.30. The minimum Gasteiger partial charge on any atom is -0.368 e. The summed E-state index contributed by atoms with van der Waals surface area (Å²) < 4.78 is 28.3. The maximum Gasteiger partial charge on any atom is 0.282 e. The van der Waals surface area contributed by atoms with Gasteiger partial charge >= 0.3 is 0 Å². The smallest absolute Gasteiger partial charge is 0.282 e. The molecular formula is C13H26N4O3S. The van der Waals surface area contributed by atoms with Crippen molar-refractivity contribution in [1.29, 1.82) is 0 Å². The van der Waals surface area contributed by atoms with Crippen LogP contribution in [0.5, 0.6) is 0 Å². The van der Waals surface area contributed by atoms with Crippen molar-refractivity contribution in [3.63, 3.8) is 0 Å². The van der Waals surface area contributed by atoms with Crippen LogP contribution in [0.4, 0.5) is 0 Å². The number of carbonyl (C=O) groups excluding carboxylic acids is 1. The van der Waals surface area contributed by atoms with E-state index in [0.717, 1.165) is 12.8 Å². The van der Waals surface area contributed by atoms with E-state index in [4.69, 9.17) is 5.73 Å². The first-order valence-electron chi connectivity index (χ1n) is 7.61. The summed E-state index contributed by atoms with van der Waals surface area (Å²) in [4.78, 5) is 13.1. The van der Waals surface area contributed by atoms with Crippen LogP contribution in [0.1, 0.15) is 26.7 Å². The van der Waals surface area contributed by atoms with Gasteiger partial charge in [0.05, 0.1) is 6.04 Å². The Balaban J connectivity index is 1.93. The highest BCUT2D eigenvalue weighted by molar-refractivity contribution is 7.86. The molecule has 0 aromatic rings. The molecule has 2 aliphatic rings. The minimum absolute atomic E-state index is 0.342. The summed E-state index contributed by atoms with van der Waals surface area (Å²) in [7, 11) is -3.35. The molecule has 0 saturated carbocycles. The number of piperidine rings is 1. The molecule has 21 heavy (non-hydrogen) atoms. The van der Waals surface area contributed by atoms with E-state index in [1.54, 1.807) is 11.2 Å². The van der Waals surface area contributed by atoms with Crippen molar-refractivity contribution in [3.8, 4) is 0 Å². The van der Waals surface area contributed by atoms with Gasteiger partial charge in [-0.25, -0.2) is 0 Å². The summed E-state index contributed by atoms with van der Waals surface area (Å²) in [5, 5.41) is 0. The number of hydrogen-bond acceptors (Lipinski definition) is 4. The molecule has 2 saturated heterocycles. The first-order chi connectivity index (χ1) is 9.82. The zero-order valence-electron chi connectivity index (χ0n) is 12.9. The number of hydrogen-bond donors (Lipinski definition) is 1. The number of primary amides is 1. The largest absolute Gasteiger partial charge is 0.368 e. The second-order valence-electron chi connectivity index (χ2n) is 6.10. The fraction of sp³-hybridized carbons (Fsp3) is 0.923. The molecule has 0 aliphatic carbocycles. The average Bonchev–Trinajstić information content (AvgIpc) is 2.47. The lowest BCUT2D eigenvalue weighted by Crippen LogP contribution is -2.57. The molecule has 2 aliphatic heterocycles. The molecule has 2 N–H and O–H groups in total. The molecule has 2 heterocycles. The van der Waals surface area contributed by atoms with Gasteiger partial charge in [-0.1, -0.05) is 6.92 Å². The number of nitrogens with two attached hydrogens (primary N) is 1. The van der Waals surface area contributed by atoms with E-state index >= 15 is 0 Å². The molecule has 1 amide bonds. The summed E-state index contributed by atoms with van der Waals surface area (Å²) in [6, 6.07) is -0.342. The Labute approximate surface area is 127 Å². The van der Waals surface area contributed by atoms with E-state index in [1.165, 1.54) is 4.31 Å². The molecule has 8 heteroatoms. The highest BCUT2D eigenvalue weighted by atomic mass is 32.2. The van der Waals surface area contributed by atoms with Crippen LogP contribution in [0.2, 0.25) is 0 Å². The third kappa shape index (κ3) is 3.74. The van der Waals surface area contributed by atoms with Gasteiger partial charge in [-0.3, -0.25) is 9.69 Å². The maximum atomic E-state index is 12.6. The van der Waals surface area contributed by atoms with Crippen LogP contribution in [0.25, 0.3) is 0 Å². The van der Waals surface area contributed by atoms with Crippen LogP contribution >= 0.6 is 0 Å². The van der Waals surface area contributed by atoms with E-state index in [-0.39, 0.29) is 11.9 Å². The first-order valence-corrected chi connectivity index (χ1v) is 9.00. The fourth-order valence-electron chi connectivity index (χ4n) is 2.88. The molecule has 7 nitrogen and oxygen atoms in total. The Bertz CT molecular complexity index is 466. The van der Waals surface area contributed by atoms with Crippen molar-refractivity contribution in [1.82, 2.24) is 13.5 Å². The molecule has 0 radical (unpaired) electrons. The predicted octanol–water partition coefficient (Wildman–Crippen LogP) is -0.545. The first kappa shape index (κ1) is 16.7. The molecule has 0 spiro atoms. The molecule has 0 aromatic heterocycles. The Morgan fingerprint density at radius 1 is 1.05 bits per heavy atom. The average molecular weight is 318 g/mol. The molecule has 1 atom stereocenters. The monoisotopic (exact) mass is 318 g/mol. The van der Waals surface area contributed by atoms with E-state index in [1.807, 2.05) is 4.90 Å². The minimum atomic E-state index is -3.35. The molecular weight excluding hydrogens is 292 g/mol. The van der Waals surface area contributed by atoms with Crippen molar-refractivity contribution in [2.24, 2.45) is 11.7 Å². The zero-order chi connectivity index (χ0) is 15.6. The summed E-state index contributed by atoms with van der Waals surface area (Å²) in [5.74, 6) is 0.237. The van der Waals surface area contributed by atoms with Gasteiger partial charge in [0.1, 0.15) is 0 Å².